The highest BCUT2D eigenvalue weighted by molar-refractivity contribution is 7.86. The smallest absolute Gasteiger partial charge is 0.223 e. The molecule has 36 heavy (non-hydrogen) atoms. The van der Waals surface area contributed by atoms with Crippen LogP contribution in [0.2, 0.25) is 0 Å². The second-order valence-corrected chi connectivity index (χ2v) is 10.7. The molecule has 7 nitrogen and oxygen atoms in total. The lowest BCUT2D eigenvalue weighted by Gasteiger charge is -2.10. The fourth-order valence-corrected chi connectivity index (χ4v) is 5.20. The highest BCUT2D eigenvalue weighted by Gasteiger charge is 2.20. The number of benzene rings is 2. The van der Waals surface area contributed by atoms with Gasteiger partial charge in [-0.05, 0) is 36.2 Å². The van der Waals surface area contributed by atoms with Crippen LogP contribution < -0.4 is 14.9 Å². The van der Waals surface area contributed by atoms with Gasteiger partial charge in [-0.2, -0.15) is 0 Å². The van der Waals surface area contributed by atoms with Gasteiger partial charge in [-0.15, -0.1) is 0 Å². The Labute approximate surface area is 215 Å². The molecule has 0 bridgehead atoms. The van der Waals surface area contributed by atoms with E-state index in [-0.39, 0.29) is 0 Å². The van der Waals surface area contributed by atoms with E-state index in [9.17, 15) is 13.0 Å². The molecule has 1 unspecified atom stereocenters. The van der Waals surface area contributed by atoms with Gasteiger partial charge in [0.1, 0.15) is 16.5 Å². The van der Waals surface area contributed by atoms with Crippen molar-refractivity contribution in [1.82, 2.24) is 15.0 Å². The van der Waals surface area contributed by atoms with Crippen LogP contribution in [0.1, 0.15) is 13.8 Å². The average molecular weight is 529 g/mol. The zero-order valence-electron chi connectivity index (χ0n) is 20.3. The van der Waals surface area contributed by atoms with Gasteiger partial charge in [0.05, 0.1) is 16.3 Å². The number of aromatic nitrogens is 3. The number of rotatable bonds is 9. The first-order valence-electron chi connectivity index (χ1n) is 11.2. The normalized spacial score (nSPS) is 12.0. The molecule has 0 aliphatic rings. The molecule has 0 radical (unpaired) electrons. The summed E-state index contributed by atoms with van der Waals surface area (Å²) >= 11 is 1.49. The van der Waals surface area contributed by atoms with E-state index < -0.39 is 27.5 Å². The number of hydrogen-bond donors (Lipinski definition) is 2. The van der Waals surface area contributed by atoms with Crippen LogP contribution in [0.4, 0.5) is 25.5 Å². The molecule has 2 N–H and O–H groups in total. The molecule has 11 heteroatoms. The van der Waals surface area contributed by atoms with E-state index in [1.165, 1.54) is 17.4 Å². The van der Waals surface area contributed by atoms with Gasteiger partial charge in [0.2, 0.25) is 5.95 Å². The van der Waals surface area contributed by atoms with Crippen molar-refractivity contribution in [2.45, 2.75) is 18.7 Å². The lowest BCUT2D eigenvalue weighted by Crippen LogP contribution is -2.10. The van der Waals surface area contributed by atoms with Gasteiger partial charge < -0.3 is 14.9 Å². The molecule has 0 amide bonds. The van der Waals surface area contributed by atoms with E-state index in [0.717, 1.165) is 34.2 Å². The Kier molecular flexibility index (Phi) is 7.90. The fraction of sp³-hybridized carbons (Fsp3) is 0.240. The second kappa shape index (κ2) is 11.1. The summed E-state index contributed by atoms with van der Waals surface area (Å²) < 4.78 is 43.6. The Morgan fingerprint density at radius 2 is 1.78 bits per heavy atom. The van der Waals surface area contributed by atoms with Crippen LogP contribution >= 0.6 is 11.3 Å². The first-order valence-corrected chi connectivity index (χ1v) is 13.2. The summed E-state index contributed by atoms with van der Waals surface area (Å²) in [7, 11) is 1.69. The third-order valence-corrected chi connectivity index (χ3v) is 7.43. The summed E-state index contributed by atoms with van der Waals surface area (Å²) in [4.78, 5) is 16.0. The van der Waals surface area contributed by atoms with Crippen LogP contribution in [0.25, 0.3) is 21.8 Å². The molecule has 188 valence electrons. The predicted octanol–water partition coefficient (Wildman–Crippen LogP) is 5.81. The zero-order chi connectivity index (χ0) is 25.8. The molecular formula is C25H26F2N6OS2. The molecule has 0 fully saturated rings. The van der Waals surface area contributed by atoms with Crippen molar-refractivity contribution in [1.29, 1.82) is 0 Å². The molecular weight excluding hydrogens is 502 g/mol. The van der Waals surface area contributed by atoms with Crippen LogP contribution in [0, 0.1) is 17.6 Å². The topological polar surface area (TPSA) is 83.0 Å². The maximum Gasteiger partial charge on any atom is 0.223 e. The SMILES string of the molecule is CC(C)CNc1nccc(-c2sc(N(C)C)nc2-c2cccc(NS(=O)c3c(F)cccc3F)c2)n1. The summed E-state index contributed by atoms with van der Waals surface area (Å²) in [5, 5.41) is 4.03. The fourth-order valence-electron chi connectivity index (χ4n) is 3.28. The first kappa shape index (κ1) is 25.6. The summed E-state index contributed by atoms with van der Waals surface area (Å²) in [6.07, 6.45) is 1.70. The number of halogens is 2. The molecule has 2 heterocycles. The van der Waals surface area contributed by atoms with Crippen molar-refractivity contribution >= 4 is 39.1 Å². The monoisotopic (exact) mass is 528 g/mol. The Balaban J connectivity index is 1.69. The number of thiazole rings is 1. The molecule has 0 spiro atoms. The molecule has 0 saturated heterocycles. The molecule has 4 aromatic rings. The third-order valence-electron chi connectivity index (χ3n) is 5.01. The lowest BCUT2D eigenvalue weighted by molar-refractivity contribution is 0.535. The van der Waals surface area contributed by atoms with E-state index in [0.29, 0.717) is 28.9 Å². The maximum absolute atomic E-state index is 14.1. The molecule has 0 saturated carbocycles. The van der Waals surface area contributed by atoms with E-state index in [1.807, 2.05) is 31.1 Å². The van der Waals surface area contributed by atoms with Gasteiger partial charge in [0.15, 0.2) is 16.1 Å². The van der Waals surface area contributed by atoms with Crippen molar-refractivity contribution in [2.75, 3.05) is 35.6 Å². The molecule has 0 aliphatic carbocycles. The van der Waals surface area contributed by atoms with Crippen molar-refractivity contribution in [3.8, 4) is 21.8 Å². The zero-order valence-corrected chi connectivity index (χ0v) is 21.9. The van der Waals surface area contributed by atoms with E-state index in [1.54, 1.807) is 24.4 Å². The lowest BCUT2D eigenvalue weighted by atomic mass is 10.1. The molecule has 2 aromatic carbocycles. The van der Waals surface area contributed by atoms with Crippen LogP contribution in [0.3, 0.4) is 0 Å². The summed E-state index contributed by atoms with van der Waals surface area (Å²) in [6.45, 7) is 4.96. The van der Waals surface area contributed by atoms with Gasteiger partial charge in [0, 0.05) is 38.1 Å². The predicted molar refractivity (Wildman–Crippen MR) is 143 cm³/mol. The van der Waals surface area contributed by atoms with E-state index in [2.05, 4.69) is 33.9 Å². The van der Waals surface area contributed by atoms with Gasteiger partial charge in [-0.25, -0.2) is 27.9 Å². The quantitative estimate of drug-likeness (QED) is 0.285. The summed E-state index contributed by atoms with van der Waals surface area (Å²) in [6, 6.07) is 12.3. The van der Waals surface area contributed by atoms with Gasteiger partial charge in [-0.1, -0.05) is 43.4 Å². The highest BCUT2D eigenvalue weighted by Crippen LogP contribution is 2.40. The van der Waals surface area contributed by atoms with E-state index in [4.69, 9.17) is 4.98 Å². The maximum atomic E-state index is 14.1. The minimum absolute atomic E-state index is 0.431. The Morgan fingerprint density at radius 1 is 1.06 bits per heavy atom. The van der Waals surface area contributed by atoms with Crippen molar-refractivity contribution in [3.05, 3.63) is 66.4 Å². The minimum Gasteiger partial charge on any atom is -0.354 e. The van der Waals surface area contributed by atoms with Crippen LogP contribution in [0.5, 0.6) is 0 Å². The Hall–Kier alpha value is -3.44. The third kappa shape index (κ3) is 5.85. The number of nitrogens with zero attached hydrogens (tertiary/aromatic N) is 4. The standard InChI is InChI=1S/C25H26F2N6OS2/c1-15(2)14-29-24-28-12-11-20(30-24)22-21(31-25(35-22)33(3)4)16-7-5-8-17(13-16)32-36(34)23-18(26)9-6-10-19(23)27/h5-13,15,32H,14H2,1-4H3,(H,28,29,30). The second-order valence-electron chi connectivity index (χ2n) is 8.61. The first-order chi connectivity index (χ1) is 17.2. The van der Waals surface area contributed by atoms with Gasteiger partial charge in [-0.3, -0.25) is 0 Å². The largest absolute Gasteiger partial charge is 0.354 e. The molecule has 0 aliphatic heterocycles. The average Bonchev–Trinajstić information content (AvgIpc) is 3.29. The van der Waals surface area contributed by atoms with Crippen LogP contribution in [-0.2, 0) is 11.0 Å². The number of anilines is 3. The number of nitrogens with one attached hydrogen (secondary N) is 2. The highest BCUT2D eigenvalue weighted by atomic mass is 32.2. The molecule has 2 aromatic heterocycles. The van der Waals surface area contributed by atoms with Crippen LogP contribution in [-0.4, -0.2) is 39.8 Å². The summed E-state index contributed by atoms with van der Waals surface area (Å²) in [5.74, 6) is -0.778. The molecule has 4 rings (SSSR count). The molecule has 1 atom stereocenters. The van der Waals surface area contributed by atoms with Gasteiger partial charge in [0.25, 0.3) is 0 Å². The van der Waals surface area contributed by atoms with E-state index >= 15 is 0 Å². The Morgan fingerprint density at radius 3 is 2.47 bits per heavy atom. The van der Waals surface area contributed by atoms with Gasteiger partial charge >= 0.3 is 0 Å². The number of hydrogen-bond acceptors (Lipinski definition) is 7. The minimum atomic E-state index is -2.13. The Bertz CT molecular complexity index is 1370. The van der Waals surface area contributed by atoms with Crippen molar-refractivity contribution in [2.24, 2.45) is 5.92 Å². The van der Waals surface area contributed by atoms with Crippen LogP contribution in [0.15, 0.2) is 59.6 Å². The van der Waals surface area contributed by atoms with Crippen molar-refractivity contribution < 1.29 is 13.0 Å². The summed E-state index contributed by atoms with van der Waals surface area (Å²) in [5.41, 5.74) is 2.57. The van der Waals surface area contributed by atoms with Crippen molar-refractivity contribution in [3.63, 3.8) is 0 Å².